The van der Waals surface area contributed by atoms with Crippen LogP contribution >= 0.6 is 22.9 Å². The number of sulfonamides is 1. The second kappa shape index (κ2) is 8.50. The molecule has 9 heteroatoms. The molecule has 3 aromatic rings. The Labute approximate surface area is 192 Å². The van der Waals surface area contributed by atoms with Crippen molar-refractivity contribution in [3.63, 3.8) is 0 Å². The number of thiophene rings is 1. The zero-order chi connectivity index (χ0) is 22.3. The fraction of sp³-hybridized carbons (Fsp3) is 0.364. The monoisotopic (exact) mass is 479 g/mol. The summed E-state index contributed by atoms with van der Waals surface area (Å²) in [4.78, 5) is 2.26. The molecule has 1 saturated heterocycles. The average molecular weight is 480 g/mol. The minimum absolute atomic E-state index is 0.279. The minimum Gasteiger partial charge on any atom is -0.495 e. The highest BCUT2D eigenvalue weighted by Crippen LogP contribution is 2.38. The largest absolute Gasteiger partial charge is 0.495 e. The van der Waals surface area contributed by atoms with Gasteiger partial charge in [0.25, 0.3) is 10.0 Å². The van der Waals surface area contributed by atoms with Crippen molar-refractivity contribution in [2.75, 3.05) is 29.8 Å². The summed E-state index contributed by atoms with van der Waals surface area (Å²) in [7, 11) is -2.27. The molecule has 4 rings (SSSR count). The van der Waals surface area contributed by atoms with Crippen LogP contribution in [-0.2, 0) is 10.0 Å². The van der Waals surface area contributed by atoms with Gasteiger partial charge in [0, 0.05) is 40.6 Å². The molecular formula is C22H26ClN3O3S2. The first-order chi connectivity index (χ1) is 14.7. The van der Waals surface area contributed by atoms with E-state index in [0.717, 1.165) is 28.9 Å². The van der Waals surface area contributed by atoms with E-state index in [1.165, 1.54) is 18.4 Å². The van der Waals surface area contributed by atoms with Gasteiger partial charge in [0.15, 0.2) is 0 Å². The standard InChI is InChI=1S/C22H26ClN3O3S2/c1-13-11-26(12-14(2)24-13)17-6-7-20(29-4)19(10-17)25-31(27,28)22-15(3)18-9-16(23)5-8-21(18)30-22/h5-10,13-14,24-25H,11-12H2,1-4H3/t13-,14+. The van der Waals surface area contributed by atoms with Crippen LogP contribution < -0.4 is 19.7 Å². The van der Waals surface area contributed by atoms with Crippen molar-refractivity contribution in [2.45, 2.75) is 37.1 Å². The Morgan fingerprint density at radius 2 is 1.87 bits per heavy atom. The molecule has 2 heterocycles. The van der Waals surface area contributed by atoms with Crippen molar-refractivity contribution in [3.05, 3.63) is 47.0 Å². The summed E-state index contributed by atoms with van der Waals surface area (Å²) in [6, 6.07) is 11.7. The Morgan fingerprint density at radius 3 is 2.55 bits per heavy atom. The van der Waals surface area contributed by atoms with Crippen molar-refractivity contribution in [2.24, 2.45) is 0 Å². The molecule has 0 bridgehead atoms. The number of methoxy groups -OCH3 is 1. The van der Waals surface area contributed by atoms with E-state index >= 15 is 0 Å². The fourth-order valence-electron chi connectivity index (χ4n) is 4.13. The average Bonchev–Trinajstić information content (AvgIpc) is 3.04. The highest BCUT2D eigenvalue weighted by atomic mass is 35.5. The van der Waals surface area contributed by atoms with Crippen molar-refractivity contribution in [3.8, 4) is 5.75 Å². The zero-order valence-corrected chi connectivity index (χ0v) is 20.3. The quantitative estimate of drug-likeness (QED) is 0.547. The van der Waals surface area contributed by atoms with Gasteiger partial charge in [-0.25, -0.2) is 8.42 Å². The van der Waals surface area contributed by atoms with Crippen molar-refractivity contribution >= 4 is 54.4 Å². The van der Waals surface area contributed by atoms with Crippen LogP contribution in [0.4, 0.5) is 11.4 Å². The third-order valence-corrected chi connectivity index (χ3v) is 8.94. The number of nitrogens with zero attached hydrogens (tertiary/aromatic N) is 1. The first-order valence-corrected chi connectivity index (χ1v) is 12.8. The van der Waals surface area contributed by atoms with Crippen LogP contribution in [0.25, 0.3) is 10.1 Å². The van der Waals surface area contributed by atoms with Gasteiger partial charge in [0.05, 0.1) is 12.8 Å². The summed E-state index contributed by atoms with van der Waals surface area (Å²) < 4.78 is 36.0. The zero-order valence-electron chi connectivity index (χ0n) is 17.9. The highest BCUT2D eigenvalue weighted by molar-refractivity contribution is 7.95. The molecular weight excluding hydrogens is 454 g/mol. The van der Waals surface area contributed by atoms with E-state index in [-0.39, 0.29) is 4.21 Å². The van der Waals surface area contributed by atoms with Crippen LogP contribution in [0.3, 0.4) is 0 Å². The number of aryl methyl sites for hydroxylation is 1. The number of benzene rings is 2. The third kappa shape index (κ3) is 4.48. The van der Waals surface area contributed by atoms with Gasteiger partial charge in [-0.3, -0.25) is 4.72 Å². The Bertz CT molecular complexity index is 1220. The maximum absolute atomic E-state index is 13.3. The molecule has 0 radical (unpaired) electrons. The van der Waals surface area contributed by atoms with Gasteiger partial charge in [-0.2, -0.15) is 0 Å². The summed E-state index contributed by atoms with van der Waals surface area (Å²) in [6.07, 6.45) is 0. The molecule has 166 valence electrons. The van der Waals surface area contributed by atoms with E-state index in [1.807, 2.05) is 24.3 Å². The Kier molecular flexibility index (Phi) is 6.09. The number of hydrogen-bond donors (Lipinski definition) is 2. The van der Waals surface area contributed by atoms with Crippen molar-refractivity contribution in [1.82, 2.24) is 5.32 Å². The van der Waals surface area contributed by atoms with E-state index in [2.05, 4.69) is 28.8 Å². The number of piperazine rings is 1. The summed E-state index contributed by atoms with van der Waals surface area (Å²) in [5.74, 6) is 0.477. The lowest BCUT2D eigenvalue weighted by Crippen LogP contribution is -2.54. The molecule has 1 aromatic heterocycles. The van der Waals surface area contributed by atoms with Gasteiger partial charge in [-0.1, -0.05) is 11.6 Å². The smallest absolute Gasteiger partial charge is 0.271 e. The van der Waals surface area contributed by atoms with E-state index in [9.17, 15) is 8.42 Å². The fourth-order valence-corrected chi connectivity index (χ4v) is 7.11. The normalized spacial score (nSPS) is 19.6. The second-order valence-electron chi connectivity index (χ2n) is 8.02. The summed E-state index contributed by atoms with van der Waals surface area (Å²) in [5.41, 5.74) is 2.07. The number of fused-ring (bicyclic) bond motifs is 1. The number of nitrogens with one attached hydrogen (secondary N) is 2. The molecule has 6 nitrogen and oxygen atoms in total. The topological polar surface area (TPSA) is 70.7 Å². The molecule has 0 spiro atoms. The second-order valence-corrected chi connectivity index (χ2v) is 11.4. The van der Waals surface area contributed by atoms with Crippen molar-refractivity contribution in [1.29, 1.82) is 0 Å². The summed E-state index contributed by atoms with van der Waals surface area (Å²) in [5, 5.41) is 4.94. The van der Waals surface area contributed by atoms with Gasteiger partial charge in [0.1, 0.15) is 9.96 Å². The van der Waals surface area contributed by atoms with Gasteiger partial charge in [-0.05, 0) is 68.1 Å². The first-order valence-electron chi connectivity index (χ1n) is 10.1. The number of hydrogen-bond acceptors (Lipinski definition) is 6. The first kappa shape index (κ1) is 22.2. The van der Waals surface area contributed by atoms with Crippen LogP contribution in [0.5, 0.6) is 5.75 Å². The number of ether oxygens (including phenoxy) is 1. The van der Waals surface area contributed by atoms with E-state index in [0.29, 0.717) is 34.1 Å². The molecule has 0 saturated carbocycles. The molecule has 0 amide bonds. The lowest BCUT2D eigenvalue weighted by Gasteiger charge is -2.38. The van der Waals surface area contributed by atoms with Crippen LogP contribution in [0.2, 0.25) is 5.02 Å². The third-order valence-electron chi connectivity index (χ3n) is 5.45. The molecule has 2 atom stereocenters. The molecule has 0 unspecified atom stereocenters. The molecule has 0 aliphatic carbocycles. The number of anilines is 2. The maximum atomic E-state index is 13.3. The Balaban J connectivity index is 1.70. The van der Waals surface area contributed by atoms with Crippen LogP contribution in [-0.4, -0.2) is 40.7 Å². The van der Waals surface area contributed by atoms with Crippen LogP contribution in [0.1, 0.15) is 19.4 Å². The van der Waals surface area contributed by atoms with Gasteiger partial charge in [-0.15, -0.1) is 11.3 Å². The van der Waals surface area contributed by atoms with Gasteiger partial charge < -0.3 is 15.0 Å². The van der Waals surface area contributed by atoms with Crippen LogP contribution in [0, 0.1) is 6.92 Å². The maximum Gasteiger partial charge on any atom is 0.271 e. The highest BCUT2D eigenvalue weighted by Gasteiger charge is 2.25. The van der Waals surface area contributed by atoms with Crippen molar-refractivity contribution < 1.29 is 13.2 Å². The Hall–Kier alpha value is -2.00. The van der Waals surface area contributed by atoms with E-state index < -0.39 is 10.0 Å². The lowest BCUT2D eigenvalue weighted by atomic mass is 10.1. The number of rotatable bonds is 5. The molecule has 1 aliphatic heterocycles. The molecule has 2 aromatic carbocycles. The summed E-state index contributed by atoms with van der Waals surface area (Å²) >= 11 is 7.35. The molecule has 31 heavy (non-hydrogen) atoms. The van der Waals surface area contributed by atoms with E-state index in [4.69, 9.17) is 16.3 Å². The molecule has 1 aliphatic rings. The predicted octanol–water partition coefficient (Wildman–Crippen LogP) is 4.86. The summed E-state index contributed by atoms with van der Waals surface area (Å²) in [6.45, 7) is 7.79. The minimum atomic E-state index is -3.81. The SMILES string of the molecule is COc1ccc(N2C[C@@H](C)N[C@@H](C)C2)cc1NS(=O)(=O)c1sc2ccc(Cl)cc2c1C. The van der Waals surface area contributed by atoms with Crippen LogP contribution in [0.15, 0.2) is 40.6 Å². The Morgan fingerprint density at radius 1 is 1.16 bits per heavy atom. The number of halogens is 1. The van der Waals surface area contributed by atoms with Gasteiger partial charge >= 0.3 is 0 Å². The van der Waals surface area contributed by atoms with E-state index in [1.54, 1.807) is 19.1 Å². The molecule has 1 fully saturated rings. The van der Waals surface area contributed by atoms with Gasteiger partial charge in [0.2, 0.25) is 0 Å². The lowest BCUT2D eigenvalue weighted by molar-refractivity contribution is 0.406. The predicted molar refractivity (Wildman–Crippen MR) is 130 cm³/mol. The molecule has 2 N–H and O–H groups in total.